The minimum absolute atomic E-state index is 0.101. The molecule has 0 heterocycles. The van der Waals surface area contributed by atoms with Crippen molar-refractivity contribution in [3.63, 3.8) is 0 Å². The molecule has 6 heteroatoms. The van der Waals surface area contributed by atoms with Gasteiger partial charge in [0.2, 0.25) is 0 Å². The van der Waals surface area contributed by atoms with Crippen LogP contribution in [-0.2, 0) is 28.6 Å². The fourth-order valence-corrected chi connectivity index (χ4v) is 6.92. The van der Waals surface area contributed by atoms with Crippen LogP contribution in [-0.4, -0.2) is 37.2 Å². The summed E-state index contributed by atoms with van der Waals surface area (Å²) in [5, 5.41) is 0. The zero-order valence-electron chi connectivity index (χ0n) is 42.4. The zero-order valence-corrected chi connectivity index (χ0v) is 42.4. The molecule has 0 saturated carbocycles. The average Bonchev–Trinajstić information content (AvgIpc) is 3.31. The number of esters is 3. The van der Waals surface area contributed by atoms with E-state index in [1.807, 2.05) is 0 Å². The lowest BCUT2D eigenvalue weighted by Crippen LogP contribution is -2.30. The quantitative estimate of drug-likeness (QED) is 0.0262. The first kappa shape index (κ1) is 61.8. The number of unbranched alkanes of at least 4 members (excludes halogenated alkanes) is 22. The summed E-state index contributed by atoms with van der Waals surface area (Å²) in [4.78, 5) is 38.1. The van der Waals surface area contributed by atoms with E-state index < -0.39 is 6.10 Å². The molecule has 0 amide bonds. The van der Waals surface area contributed by atoms with Crippen LogP contribution in [0.15, 0.2) is 122 Å². The fraction of sp³-hybridized carbons (Fsp3) is 0.617. The summed E-state index contributed by atoms with van der Waals surface area (Å²) in [7, 11) is 0. The summed E-state index contributed by atoms with van der Waals surface area (Å²) in [6, 6.07) is 0. The third-order valence-electron chi connectivity index (χ3n) is 10.9. The van der Waals surface area contributed by atoms with E-state index in [-0.39, 0.29) is 31.1 Å². The molecule has 0 saturated heterocycles. The van der Waals surface area contributed by atoms with Crippen LogP contribution in [0, 0.1) is 0 Å². The molecule has 0 N–H and O–H groups in total. The van der Waals surface area contributed by atoms with Gasteiger partial charge >= 0.3 is 17.9 Å². The van der Waals surface area contributed by atoms with Crippen molar-refractivity contribution in [1.82, 2.24) is 0 Å². The van der Waals surface area contributed by atoms with Crippen molar-refractivity contribution in [3.8, 4) is 0 Å². The van der Waals surface area contributed by atoms with Crippen LogP contribution in [0.3, 0.4) is 0 Å². The minimum atomic E-state index is -0.803. The maximum absolute atomic E-state index is 12.8. The van der Waals surface area contributed by atoms with Crippen LogP contribution in [0.25, 0.3) is 0 Å². The largest absolute Gasteiger partial charge is 0.462 e. The van der Waals surface area contributed by atoms with E-state index in [1.54, 1.807) is 0 Å². The summed E-state index contributed by atoms with van der Waals surface area (Å²) in [6.07, 6.45) is 73.1. The summed E-state index contributed by atoms with van der Waals surface area (Å²) >= 11 is 0. The normalized spacial score (nSPS) is 13.1. The molecule has 0 aromatic rings. The number of hydrogen-bond donors (Lipinski definition) is 0. The van der Waals surface area contributed by atoms with Gasteiger partial charge in [-0.2, -0.15) is 0 Å². The summed E-state index contributed by atoms with van der Waals surface area (Å²) in [5.41, 5.74) is 0. The van der Waals surface area contributed by atoms with E-state index in [0.717, 1.165) is 116 Å². The van der Waals surface area contributed by atoms with Crippen molar-refractivity contribution >= 4 is 17.9 Å². The molecule has 0 fully saturated rings. The van der Waals surface area contributed by atoms with Crippen LogP contribution in [0.2, 0.25) is 0 Å². The summed E-state index contributed by atoms with van der Waals surface area (Å²) < 4.78 is 16.8. The Morgan fingerprint density at radius 2 is 0.591 bits per heavy atom. The number of ether oxygens (including phenoxy) is 3. The molecule has 0 aliphatic heterocycles. The van der Waals surface area contributed by atoms with Crippen LogP contribution in [0.4, 0.5) is 0 Å². The number of allylic oxidation sites excluding steroid dienone is 20. The van der Waals surface area contributed by atoms with Gasteiger partial charge in [0, 0.05) is 19.3 Å². The Kier molecular flexibility index (Phi) is 50.0. The first-order valence-electron chi connectivity index (χ1n) is 26.7. The smallest absolute Gasteiger partial charge is 0.306 e. The highest BCUT2D eigenvalue weighted by Crippen LogP contribution is 2.14. The van der Waals surface area contributed by atoms with E-state index >= 15 is 0 Å². The van der Waals surface area contributed by atoms with Crippen molar-refractivity contribution < 1.29 is 28.6 Å². The zero-order chi connectivity index (χ0) is 47.9. The highest BCUT2D eigenvalue weighted by molar-refractivity contribution is 5.71. The monoisotopic (exact) mass is 913 g/mol. The Morgan fingerprint density at radius 1 is 0.318 bits per heavy atom. The molecule has 0 aromatic carbocycles. The lowest BCUT2D eigenvalue weighted by atomic mass is 10.1. The van der Waals surface area contributed by atoms with Crippen molar-refractivity contribution in [2.75, 3.05) is 13.2 Å². The first-order valence-corrected chi connectivity index (χ1v) is 26.7. The minimum Gasteiger partial charge on any atom is -0.462 e. The Bertz CT molecular complexity index is 1420. The predicted molar refractivity (Wildman–Crippen MR) is 283 cm³/mol. The summed E-state index contributed by atoms with van der Waals surface area (Å²) in [6.45, 7) is 6.29. The molecular formula is C60H96O6. The third kappa shape index (κ3) is 50.8. The van der Waals surface area contributed by atoms with Crippen molar-refractivity contribution in [3.05, 3.63) is 122 Å². The molecule has 0 rings (SSSR count). The second-order valence-electron chi connectivity index (χ2n) is 17.2. The molecule has 0 bridgehead atoms. The Labute approximate surface area is 405 Å². The maximum atomic E-state index is 12.8. The molecule has 0 spiro atoms. The number of carbonyl (C=O) groups is 3. The number of hydrogen-bond acceptors (Lipinski definition) is 6. The molecule has 0 radical (unpaired) electrons. The topological polar surface area (TPSA) is 78.9 Å². The van der Waals surface area contributed by atoms with Gasteiger partial charge in [0.25, 0.3) is 0 Å². The fourth-order valence-electron chi connectivity index (χ4n) is 6.92. The maximum Gasteiger partial charge on any atom is 0.306 e. The number of rotatable bonds is 46. The average molecular weight is 913 g/mol. The van der Waals surface area contributed by atoms with Gasteiger partial charge in [0.05, 0.1) is 0 Å². The molecular weight excluding hydrogens is 817 g/mol. The van der Waals surface area contributed by atoms with E-state index in [9.17, 15) is 14.4 Å². The molecule has 0 aliphatic rings. The highest BCUT2D eigenvalue weighted by atomic mass is 16.6. The predicted octanol–water partition coefficient (Wildman–Crippen LogP) is 17.7. The van der Waals surface area contributed by atoms with Gasteiger partial charge in [-0.3, -0.25) is 14.4 Å². The third-order valence-corrected chi connectivity index (χ3v) is 10.9. The molecule has 66 heavy (non-hydrogen) atoms. The lowest BCUT2D eigenvalue weighted by Gasteiger charge is -2.18. The molecule has 6 nitrogen and oxygen atoms in total. The van der Waals surface area contributed by atoms with Gasteiger partial charge < -0.3 is 14.2 Å². The summed E-state index contributed by atoms with van der Waals surface area (Å²) in [5.74, 6) is -0.953. The molecule has 372 valence electrons. The number of carbonyl (C=O) groups excluding carboxylic acids is 3. The Hall–Kier alpha value is -4.19. The second kappa shape index (κ2) is 53.4. The van der Waals surface area contributed by atoms with Gasteiger partial charge in [0.1, 0.15) is 13.2 Å². The van der Waals surface area contributed by atoms with Gasteiger partial charge in [-0.25, -0.2) is 0 Å². The van der Waals surface area contributed by atoms with Crippen molar-refractivity contribution in [2.45, 2.75) is 226 Å². The molecule has 0 aliphatic carbocycles. The standard InChI is InChI=1S/C60H96O6/c1-4-7-10-13-16-19-22-25-28-29-30-33-35-38-41-44-47-50-53-59(62)65-56-57(66-60(63)54-51-48-45-42-39-36-32-27-24-21-18-15-12-9-6-3)55-64-58(61)52-49-46-43-40-37-34-31-26-23-20-17-14-11-8-5-2/h8-9,11-12,14-25,28-30,33,57H,4-7,10,13,26-27,31-32,34-56H2,1-3H3/b11-8-,12-9-,17-14-,18-15-,19-16-,23-20-,24-21-,25-22-,29-28-,33-30-. The van der Waals surface area contributed by atoms with Crippen LogP contribution in [0.1, 0.15) is 220 Å². The van der Waals surface area contributed by atoms with Gasteiger partial charge in [-0.15, -0.1) is 0 Å². The molecule has 1 atom stereocenters. The van der Waals surface area contributed by atoms with Crippen molar-refractivity contribution in [1.29, 1.82) is 0 Å². The SMILES string of the molecule is CC\C=C/C=C\C=C/CCCCCCCCCC(=O)OCC(COC(=O)CCCCCCC\C=C/C=C\C=C/C=C\CCCCC)OC(=O)CCCCCCCCC\C=C/C=C\C=C/CC. The van der Waals surface area contributed by atoms with E-state index in [0.29, 0.717) is 19.3 Å². The Morgan fingerprint density at radius 3 is 0.924 bits per heavy atom. The highest BCUT2D eigenvalue weighted by Gasteiger charge is 2.19. The van der Waals surface area contributed by atoms with E-state index in [1.165, 1.54) is 64.2 Å². The van der Waals surface area contributed by atoms with Gasteiger partial charge in [0.15, 0.2) is 6.10 Å². The van der Waals surface area contributed by atoms with Crippen molar-refractivity contribution in [2.24, 2.45) is 0 Å². The van der Waals surface area contributed by atoms with Crippen LogP contribution >= 0.6 is 0 Å². The van der Waals surface area contributed by atoms with Crippen LogP contribution in [0.5, 0.6) is 0 Å². The van der Waals surface area contributed by atoms with E-state index in [4.69, 9.17) is 14.2 Å². The molecule has 0 aromatic heterocycles. The molecule has 1 unspecified atom stereocenters. The van der Waals surface area contributed by atoms with Crippen LogP contribution < -0.4 is 0 Å². The van der Waals surface area contributed by atoms with Gasteiger partial charge in [-0.05, 0) is 83.5 Å². The van der Waals surface area contributed by atoms with Gasteiger partial charge in [-0.1, -0.05) is 239 Å². The lowest BCUT2D eigenvalue weighted by molar-refractivity contribution is -0.167. The first-order chi connectivity index (χ1) is 32.5. The van der Waals surface area contributed by atoms with E-state index in [2.05, 4.69) is 142 Å². The second-order valence-corrected chi connectivity index (χ2v) is 17.2. The Balaban J connectivity index is 4.49.